The van der Waals surface area contributed by atoms with Crippen LogP contribution in [0.5, 0.6) is 5.75 Å². The molecular formula is C16H16N5O7P. The number of benzene rings is 1. The Labute approximate surface area is 163 Å². The molecule has 1 N–H and O–H groups in total. The largest absolute Gasteiger partial charge is 0.530 e. The number of phosphoric ester groups is 1. The average Bonchev–Trinajstić information content (AvgIpc) is 2.94. The first-order valence-corrected chi connectivity index (χ1v) is 10.0. The molecule has 0 bridgehead atoms. The van der Waals surface area contributed by atoms with Gasteiger partial charge in [-0.25, -0.2) is 9.36 Å². The molecule has 0 saturated carbocycles. The molecule has 29 heavy (non-hydrogen) atoms. The minimum absolute atomic E-state index is 0.181. The predicted molar refractivity (Wildman–Crippen MR) is 98.3 cm³/mol. The Morgan fingerprint density at radius 2 is 2.10 bits per heavy atom. The maximum Gasteiger partial charge on any atom is 0.530 e. The number of fused-ring (bicyclic) bond motifs is 1. The van der Waals surface area contributed by atoms with Gasteiger partial charge in [-0.2, -0.15) is 0 Å². The van der Waals surface area contributed by atoms with Gasteiger partial charge in [0.25, 0.3) is 5.56 Å². The Balaban J connectivity index is 1.69. The van der Waals surface area contributed by atoms with Crippen LogP contribution >= 0.6 is 7.82 Å². The number of hydrogen-bond acceptors (Lipinski definition) is 8. The van der Waals surface area contributed by atoms with E-state index in [2.05, 4.69) is 15.0 Å². The number of ether oxygens (including phenoxy) is 1. The fourth-order valence-corrected chi connectivity index (χ4v) is 4.84. The summed E-state index contributed by atoms with van der Waals surface area (Å²) in [6, 6.07) is 9.44. The van der Waals surface area contributed by atoms with Crippen molar-refractivity contribution in [3.63, 3.8) is 0 Å². The topological polar surface area (TPSA) is 158 Å². The maximum absolute atomic E-state index is 13.0. The van der Waals surface area contributed by atoms with Gasteiger partial charge < -0.3 is 9.26 Å². The number of para-hydroxylation sites is 1. The number of rotatable bonds is 4. The van der Waals surface area contributed by atoms with Gasteiger partial charge in [0.05, 0.1) is 6.61 Å². The molecule has 2 aliphatic heterocycles. The fourth-order valence-electron chi connectivity index (χ4n) is 3.35. The molecule has 1 unspecified atom stereocenters. The summed E-state index contributed by atoms with van der Waals surface area (Å²) in [5.74, 6) is 0.270. The number of aromatic amines is 1. The quantitative estimate of drug-likeness (QED) is 0.343. The number of nitrogens with zero attached hydrogens (tertiary/aromatic N) is 4. The van der Waals surface area contributed by atoms with Crippen molar-refractivity contribution in [3.8, 4) is 5.75 Å². The monoisotopic (exact) mass is 421 g/mol. The van der Waals surface area contributed by atoms with E-state index in [9.17, 15) is 14.2 Å². The molecule has 2 saturated heterocycles. The summed E-state index contributed by atoms with van der Waals surface area (Å²) < 4.78 is 36.2. The second-order valence-corrected chi connectivity index (χ2v) is 8.18. The highest BCUT2D eigenvalue weighted by Crippen LogP contribution is 2.59. The zero-order valence-electron chi connectivity index (χ0n) is 15.1. The molecule has 3 heterocycles. The lowest BCUT2D eigenvalue weighted by molar-refractivity contribution is -0.0669. The van der Waals surface area contributed by atoms with Crippen LogP contribution in [0.1, 0.15) is 13.2 Å². The summed E-state index contributed by atoms with van der Waals surface area (Å²) in [5, 5.41) is 3.78. The Bertz CT molecular complexity index is 1130. The van der Waals surface area contributed by atoms with Crippen molar-refractivity contribution < 1.29 is 22.9 Å². The summed E-state index contributed by atoms with van der Waals surface area (Å²) in [6.07, 6.45) is -1.75. The molecular weight excluding hydrogens is 405 g/mol. The lowest BCUT2D eigenvalue weighted by Crippen LogP contribution is -2.48. The summed E-state index contributed by atoms with van der Waals surface area (Å²) in [5.41, 5.74) is 6.26. The molecule has 13 heteroatoms. The van der Waals surface area contributed by atoms with Crippen molar-refractivity contribution in [1.82, 2.24) is 9.55 Å². The van der Waals surface area contributed by atoms with Gasteiger partial charge in [0.1, 0.15) is 23.5 Å². The number of phosphoric acid groups is 1. The third-order valence-corrected chi connectivity index (χ3v) is 6.07. The third-order valence-electron chi connectivity index (χ3n) is 4.68. The summed E-state index contributed by atoms with van der Waals surface area (Å²) >= 11 is 0. The first kappa shape index (κ1) is 19.4. The fraction of sp³-hybridized carbons (Fsp3) is 0.375. The van der Waals surface area contributed by atoms with Gasteiger partial charge in [0, 0.05) is 17.2 Å². The van der Waals surface area contributed by atoms with Crippen molar-refractivity contribution in [2.45, 2.75) is 30.9 Å². The molecule has 12 nitrogen and oxygen atoms in total. The van der Waals surface area contributed by atoms with E-state index in [1.165, 1.54) is 13.1 Å². The molecule has 0 amide bonds. The van der Waals surface area contributed by atoms with E-state index in [0.717, 1.165) is 10.6 Å². The van der Waals surface area contributed by atoms with Gasteiger partial charge in [-0.1, -0.05) is 23.3 Å². The second-order valence-electron chi connectivity index (χ2n) is 6.63. The van der Waals surface area contributed by atoms with Gasteiger partial charge in [-0.3, -0.25) is 23.4 Å². The lowest BCUT2D eigenvalue weighted by atomic mass is 9.93. The van der Waals surface area contributed by atoms with Crippen LogP contribution in [0.3, 0.4) is 0 Å². The highest BCUT2D eigenvalue weighted by Gasteiger charge is 2.61. The van der Waals surface area contributed by atoms with Crippen LogP contribution in [0, 0.1) is 0 Å². The Hall–Kier alpha value is -2.88. The van der Waals surface area contributed by atoms with Gasteiger partial charge in [0.15, 0.2) is 6.23 Å². The van der Waals surface area contributed by atoms with Crippen LogP contribution in [0.2, 0.25) is 0 Å². The molecule has 1 aromatic carbocycles. The maximum atomic E-state index is 13.0. The summed E-state index contributed by atoms with van der Waals surface area (Å²) in [4.78, 5) is 28.6. The third kappa shape index (κ3) is 3.48. The average molecular weight is 421 g/mol. The Morgan fingerprint density at radius 1 is 1.34 bits per heavy atom. The molecule has 2 aliphatic rings. The Kier molecular flexibility index (Phi) is 4.81. The van der Waals surface area contributed by atoms with Crippen LogP contribution in [0.25, 0.3) is 10.4 Å². The van der Waals surface area contributed by atoms with E-state index in [1.807, 2.05) is 0 Å². The molecule has 0 radical (unpaired) electrons. The lowest BCUT2D eigenvalue weighted by Gasteiger charge is -2.35. The zero-order valence-corrected chi connectivity index (χ0v) is 16.0. The van der Waals surface area contributed by atoms with Gasteiger partial charge in [0.2, 0.25) is 0 Å². The van der Waals surface area contributed by atoms with Crippen LogP contribution in [-0.4, -0.2) is 33.9 Å². The standard InChI is InChI=1S/C16H16N5O7P/c1-16(19-20-17)13-11(26-14(16)21-8-7-12(22)18-15(21)23)9-25-29(24,28-13)27-10-5-3-2-4-6-10/h2-8,11,13-14H,9H2,1H3,(H,18,22,23)/t11-,13-,14-,16-,29?/m1/s1. The molecule has 0 spiro atoms. The van der Waals surface area contributed by atoms with Crippen molar-refractivity contribution in [2.24, 2.45) is 5.11 Å². The van der Waals surface area contributed by atoms with Gasteiger partial charge >= 0.3 is 13.5 Å². The SMILES string of the molecule is C[C@@]1(N=[N+]=[N-])[C@@H]2OP(=O)(Oc3ccccc3)OC[C@H]2O[C@H]1n1ccc(=O)[nH]c1=O. The molecule has 4 rings (SSSR count). The number of aromatic nitrogens is 2. The van der Waals surface area contributed by atoms with Gasteiger partial charge in [-0.15, -0.1) is 0 Å². The van der Waals surface area contributed by atoms with Crippen molar-refractivity contribution in [3.05, 3.63) is 73.9 Å². The van der Waals surface area contributed by atoms with Gasteiger partial charge in [-0.05, 0) is 24.6 Å². The summed E-state index contributed by atoms with van der Waals surface area (Å²) in [7, 11) is -4.06. The van der Waals surface area contributed by atoms with E-state index in [0.29, 0.717) is 0 Å². The van der Waals surface area contributed by atoms with E-state index >= 15 is 0 Å². The smallest absolute Gasteiger partial charge is 0.404 e. The minimum Gasteiger partial charge on any atom is -0.404 e. The van der Waals surface area contributed by atoms with Crippen LogP contribution in [0.4, 0.5) is 0 Å². The minimum atomic E-state index is -4.06. The zero-order chi connectivity index (χ0) is 20.6. The van der Waals surface area contributed by atoms with Crippen molar-refractivity contribution >= 4 is 7.82 Å². The van der Waals surface area contributed by atoms with E-state index in [4.69, 9.17) is 23.8 Å². The number of H-pyrrole nitrogens is 1. The van der Waals surface area contributed by atoms with Crippen LogP contribution in [-0.2, 0) is 18.3 Å². The van der Waals surface area contributed by atoms with E-state index < -0.39 is 43.0 Å². The highest BCUT2D eigenvalue weighted by molar-refractivity contribution is 7.49. The Morgan fingerprint density at radius 3 is 2.79 bits per heavy atom. The molecule has 1 aromatic heterocycles. The van der Waals surface area contributed by atoms with E-state index in [1.54, 1.807) is 30.3 Å². The summed E-state index contributed by atoms with van der Waals surface area (Å²) in [6.45, 7) is 1.32. The molecule has 0 aliphatic carbocycles. The predicted octanol–water partition coefficient (Wildman–Crippen LogP) is 2.11. The number of nitrogens with one attached hydrogen (secondary N) is 1. The first-order valence-electron chi connectivity index (χ1n) is 8.55. The van der Waals surface area contributed by atoms with Crippen molar-refractivity contribution in [2.75, 3.05) is 6.61 Å². The first-order chi connectivity index (χ1) is 13.8. The van der Waals surface area contributed by atoms with Crippen LogP contribution < -0.4 is 15.8 Å². The highest BCUT2D eigenvalue weighted by atomic mass is 31.2. The molecule has 5 atom stereocenters. The number of azide groups is 1. The van der Waals surface area contributed by atoms with E-state index in [-0.39, 0.29) is 12.4 Å². The van der Waals surface area contributed by atoms with Crippen LogP contribution in [0.15, 0.2) is 57.3 Å². The normalized spacial score (nSPS) is 33.5. The molecule has 2 fully saturated rings. The second kappa shape index (κ2) is 7.18. The molecule has 152 valence electrons. The van der Waals surface area contributed by atoms with Crippen molar-refractivity contribution in [1.29, 1.82) is 0 Å². The number of hydrogen-bond donors (Lipinski definition) is 1. The molecule has 2 aromatic rings.